The van der Waals surface area contributed by atoms with Crippen molar-refractivity contribution in [1.82, 2.24) is 25.8 Å². The minimum absolute atomic E-state index is 0.0567. The van der Waals surface area contributed by atoms with Crippen LogP contribution in [-0.2, 0) is 0 Å². The minimum atomic E-state index is -0.0567. The third-order valence-electron chi connectivity index (χ3n) is 3.96. The van der Waals surface area contributed by atoms with Gasteiger partial charge in [0.25, 0.3) is 5.91 Å². The first-order valence-corrected chi connectivity index (χ1v) is 6.97. The number of H-pyrrole nitrogens is 1. The maximum absolute atomic E-state index is 12.3. The van der Waals surface area contributed by atoms with Crippen molar-refractivity contribution >= 4 is 16.9 Å². The summed E-state index contributed by atoms with van der Waals surface area (Å²) < 4.78 is 0. The van der Waals surface area contributed by atoms with Gasteiger partial charge < -0.3 is 10.6 Å². The molecule has 2 unspecified atom stereocenters. The standard InChI is InChI=1S/C14H19N5O/c1-8-6-15-4-3-12(8)17-14(20)10-5-11-9(2)18-19-13(11)16-7-10/h5,7-8,12,15H,3-4,6H2,1-2H3,(H,17,20)(H,16,18,19). The Hall–Kier alpha value is -1.95. The highest BCUT2D eigenvalue weighted by Crippen LogP contribution is 2.16. The molecule has 106 valence electrons. The monoisotopic (exact) mass is 273 g/mol. The van der Waals surface area contributed by atoms with Crippen LogP contribution in [0.2, 0.25) is 0 Å². The zero-order valence-electron chi connectivity index (χ0n) is 11.7. The van der Waals surface area contributed by atoms with Gasteiger partial charge in [0.15, 0.2) is 5.65 Å². The van der Waals surface area contributed by atoms with Crippen molar-refractivity contribution < 1.29 is 4.79 Å². The van der Waals surface area contributed by atoms with Gasteiger partial charge >= 0.3 is 0 Å². The average molecular weight is 273 g/mol. The molecule has 3 N–H and O–H groups in total. The lowest BCUT2D eigenvalue weighted by Gasteiger charge is -2.30. The van der Waals surface area contributed by atoms with Gasteiger partial charge in [-0.2, -0.15) is 5.10 Å². The summed E-state index contributed by atoms with van der Waals surface area (Å²) in [5.74, 6) is 0.388. The van der Waals surface area contributed by atoms with Crippen molar-refractivity contribution in [3.63, 3.8) is 0 Å². The predicted octanol–water partition coefficient (Wildman–Crippen LogP) is 0.994. The summed E-state index contributed by atoms with van der Waals surface area (Å²) in [6, 6.07) is 2.08. The van der Waals surface area contributed by atoms with Crippen LogP contribution >= 0.6 is 0 Å². The molecule has 0 bridgehead atoms. The van der Waals surface area contributed by atoms with Gasteiger partial charge in [-0.3, -0.25) is 9.89 Å². The molecule has 2 aromatic heterocycles. The molecule has 1 aliphatic rings. The fraction of sp³-hybridized carbons (Fsp3) is 0.500. The van der Waals surface area contributed by atoms with E-state index in [0.29, 0.717) is 17.1 Å². The molecule has 3 rings (SSSR count). The van der Waals surface area contributed by atoms with Crippen LogP contribution in [0.1, 0.15) is 29.4 Å². The van der Waals surface area contributed by atoms with E-state index in [4.69, 9.17) is 0 Å². The molecule has 6 nitrogen and oxygen atoms in total. The lowest BCUT2D eigenvalue weighted by molar-refractivity contribution is 0.0914. The van der Waals surface area contributed by atoms with Crippen LogP contribution in [0.3, 0.4) is 0 Å². The summed E-state index contributed by atoms with van der Waals surface area (Å²) in [7, 11) is 0. The van der Waals surface area contributed by atoms with Gasteiger partial charge in [0.1, 0.15) is 0 Å². The second-order valence-electron chi connectivity index (χ2n) is 5.49. The number of piperidine rings is 1. The van der Waals surface area contributed by atoms with Gasteiger partial charge in [-0.1, -0.05) is 6.92 Å². The molecule has 0 saturated carbocycles. The number of rotatable bonds is 2. The second-order valence-corrected chi connectivity index (χ2v) is 5.49. The van der Waals surface area contributed by atoms with Crippen LogP contribution < -0.4 is 10.6 Å². The summed E-state index contributed by atoms with van der Waals surface area (Å²) >= 11 is 0. The molecular formula is C14H19N5O. The summed E-state index contributed by atoms with van der Waals surface area (Å²) in [6.45, 7) is 5.98. The van der Waals surface area contributed by atoms with E-state index < -0.39 is 0 Å². The zero-order valence-corrected chi connectivity index (χ0v) is 11.7. The van der Waals surface area contributed by atoms with E-state index in [2.05, 4.69) is 32.7 Å². The number of carbonyl (C=O) groups excluding carboxylic acids is 1. The van der Waals surface area contributed by atoms with Crippen LogP contribution in [0, 0.1) is 12.8 Å². The van der Waals surface area contributed by atoms with Crippen molar-refractivity contribution in [3.05, 3.63) is 23.5 Å². The molecule has 0 aliphatic carbocycles. The van der Waals surface area contributed by atoms with Crippen molar-refractivity contribution in [2.45, 2.75) is 26.3 Å². The molecule has 1 saturated heterocycles. The minimum Gasteiger partial charge on any atom is -0.349 e. The molecule has 6 heteroatoms. The number of hydrogen-bond acceptors (Lipinski definition) is 4. The lowest BCUT2D eigenvalue weighted by atomic mass is 9.95. The number of aromatic nitrogens is 3. The van der Waals surface area contributed by atoms with Crippen LogP contribution in [-0.4, -0.2) is 40.2 Å². The first kappa shape index (κ1) is 13.1. The molecule has 0 aromatic carbocycles. The van der Waals surface area contributed by atoms with Gasteiger partial charge in [0, 0.05) is 23.3 Å². The molecular weight excluding hydrogens is 254 g/mol. The van der Waals surface area contributed by atoms with Crippen molar-refractivity contribution in [3.8, 4) is 0 Å². The molecule has 2 atom stereocenters. The topological polar surface area (TPSA) is 82.7 Å². The number of nitrogens with zero attached hydrogens (tertiary/aromatic N) is 2. The third kappa shape index (κ3) is 2.38. The number of amides is 1. The second kappa shape index (κ2) is 5.20. The zero-order chi connectivity index (χ0) is 14.1. The fourth-order valence-corrected chi connectivity index (χ4v) is 2.62. The Morgan fingerprint density at radius 2 is 2.35 bits per heavy atom. The number of fused-ring (bicyclic) bond motifs is 1. The summed E-state index contributed by atoms with van der Waals surface area (Å²) in [6.07, 6.45) is 2.55. The van der Waals surface area contributed by atoms with Crippen LogP contribution in [0.25, 0.3) is 11.0 Å². The summed E-state index contributed by atoms with van der Waals surface area (Å²) in [5.41, 5.74) is 2.17. The normalized spacial score (nSPS) is 22.9. The van der Waals surface area contributed by atoms with E-state index in [1.165, 1.54) is 0 Å². The molecule has 1 amide bonds. The van der Waals surface area contributed by atoms with E-state index in [0.717, 1.165) is 30.6 Å². The van der Waals surface area contributed by atoms with Gasteiger partial charge in [0.05, 0.1) is 5.56 Å². The molecule has 0 radical (unpaired) electrons. The summed E-state index contributed by atoms with van der Waals surface area (Å²) in [5, 5.41) is 14.3. The van der Waals surface area contributed by atoms with Gasteiger partial charge in [0.2, 0.25) is 0 Å². The molecule has 0 spiro atoms. The predicted molar refractivity (Wildman–Crippen MR) is 76.5 cm³/mol. The largest absolute Gasteiger partial charge is 0.349 e. The lowest BCUT2D eigenvalue weighted by Crippen LogP contribution is -2.48. The molecule has 20 heavy (non-hydrogen) atoms. The molecule has 1 aliphatic heterocycles. The average Bonchev–Trinajstić information content (AvgIpc) is 2.82. The third-order valence-corrected chi connectivity index (χ3v) is 3.96. The Balaban J connectivity index is 1.79. The van der Waals surface area contributed by atoms with Crippen molar-refractivity contribution in [1.29, 1.82) is 0 Å². The Kier molecular flexibility index (Phi) is 3.40. The fourth-order valence-electron chi connectivity index (χ4n) is 2.62. The Labute approximate surface area is 117 Å². The number of carbonyl (C=O) groups is 1. The Bertz CT molecular complexity index is 636. The van der Waals surface area contributed by atoms with E-state index in [1.807, 2.05) is 13.0 Å². The molecule has 3 heterocycles. The van der Waals surface area contributed by atoms with Gasteiger partial charge in [-0.05, 0) is 38.4 Å². The molecule has 1 fully saturated rings. The van der Waals surface area contributed by atoms with Gasteiger partial charge in [-0.25, -0.2) is 4.98 Å². The number of hydrogen-bond donors (Lipinski definition) is 3. The van der Waals surface area contributed by atoms with Crippen LogP contribution in [0.4, 0.5) is 0 Å². The van der Waals surface area contributed by atoms with E-state index in [1.54, 1.807) is 6.20 Å². The highest BCUT2D eigenvalue weighted by molar-refractivity contribution is 5.97. The first-order chi connectivity index (χ1) is 9.65. The van der Waals surface area contributed by atoms with E-state index in [9.17, 15) is 4.79 Å². The van der Waals surface area contributed by atoms with Crippen molar-refractivity contribution in [2.24, 2.45) is 5.92 Å². The van der Waals surface area contributed by atoms with Crippen LogP contribution in [0.15, 0.2) is 12.3 Å². The van der Waals surface area contributed by atoms with E-state index >= 15 is 0 Å². The highest BCUT2D eigenvalue weighted by Gasteiger charge is 2.23. The number of pyridine rings is 1. The SMILES string of the molecule is Cc1[nH]nc2ncc(C(=O)NC3CCNCC3C)cc12. The maximum Gasteiger partial charge on any atom is 0.253 e. The van der Waals surface area contributed by atoms with Crippen LogP contribution in [0.5, 0.6) is 0 Å². The number of aromatic amines is 1. The van der Waals surface area contributed by atoms with Crippen molar-refractivity contribution in [2.75, 3.05) is 13.1 Å². The quantitative estimate of drug-likeness (QED) is 0.762. The Morgan fingerprint density at radius 3 is 3.15 bits per heavy atom. The Morgan fingerprint density at radius 1 is 1.50 bits per heavy atom. The van der Waals surface area contributed by atoms with Gasteiger partial charge in [-0.15, -0.1) is 0 Å². The smallest absolute Gasteiger partial charge is 0.253 e. The number of aryl methyl sites for hydroxylation is 1. The maximum atomic E-state index is 12.3. The van der Waals surface area contributed by atoms with E-state index in [-0.39, 0.29) is 11.9 Å². The summed E-state index contributed by atoms with van der Waals surface area (Å²) in [4.78, 5) is 16.6. The number of nitrogens with one attached hydrogen (secondary N) is 3. The highest BCUT2D eigenvalue weighted by atomic mass is 16.1. The molecule has 2 aromatic rings. The first-order valence-electron chi connectivity index (χ1n) is 6.97.